The van der Waals surface area contributed by atoms with Gasteiger partial charge >= 0.3 is 0 Å². The highest BCUT2D eigenvalue weighted by Crippen LogP contribution is 2.23. The van der Waals surface area contributed by atoms with Crippen LogP contribution in [0.25, 0.3) is 0 Å². The third-order valence-corrected chi connectivity index (χ3v) is 1.61. The molecule has 0 saturated carbocycles. The van der Waals surface area contributed by atoms with Crippen LogP contribution in [-0.2, 0) is 4.79 Å². The van der Waals surface area contributed by atoms with E-state index in [9.17, 15) is 13.6 Å². The van der Waals surface area contributed by atoms with Crippen molar-refractivity contribution in [3.63, 3.8) is 0 Å². The van der Waals surface area contributed by atoms with Gasteiger partial charge in [0.05, 0.1) is 12.6 Å². The molecule has 0 aromatic rings. The molecule has 1 heterocycles. The highest BCUT2D eigenvalue weighted by molar-refractivity contribution is 5.57. The second kappa shape index (κ2) is 2.62. The average molecular weight is 149 g/mol. The Labute approximate surface area is 57.6 Å². The normalized spacial score (nSPS) is 31.6. The van der Waals surface area contributed by atoms with Gasteiger partial charge in [0.25, 0.3) is 5.92 Å². The molecule has 0 aromatic carbocycles. The Morgan fingerprint density at radius 1 is 1.60 bits per heavy atom. The van der Waals surface area contributed by atoms with Crippen LogP contribution in [0.1, 0.15) is 12.8 Å². The maximum absolute atomic E-state index is 12.3. The Balaban J connectivity index is 2.38. The van der Waals surface area contributed by atoms with E-state index >= 15 is 0 Å². The number of rotatable bonds is 1. The summed E-state index contributed by atoms with van der Waals surface area (Å²) in [6.07, 6.45) is 0.745. The Hall–Kier alpha value is -0.510. The summed E-state index contributed by atoms with van der Waals surface area (Å²) in [7, 11) is 0. The molecule has 10 heavy (non-hydrogen) atoms. The minimum Gasteiger partial charge on any atom is -0.302 e. The summed E-state index contributed by atoms with van der Waals surface area (Å²) in [4.78, 5) is 10.1. The zero-order valence-electron chi connectivity index (χ0n) is 5.44. The van der Waals surface area contributed by atoms with Gasteiger partial charge in [-0.1, -0.05) is 0 Å². The molecule has 2 nitrogen and oxygen atoms in total. The van der Waals surface area contributed by atoms with Crippen LogP contribution >= 0.6 is 0 Å². The largest absolute Gasteiger partial charge is 0.302 e. The second-order valence-corrected chi connectivity index (χ2v) is 2.52. The lowest BCUT2D eigenvalue weighted by molar-refractivity contribution is -0.112. The Morgan fingerprint density at radius 3 is 2.70 bits per heavy atom. The van der Waals surface area contributed by atoms with Crippen molar-refractivity contribution in [2.75, 3.05) is 6.54 Å². The van der Waals surface area contributed by atoms with Gasteiger partial charge in [-0.15, -0.1) is 0 Å². The molecule has 0 radical (unpaired) electrons. The SMILES string of the molecule is O=CC1CCC(F)(F)CN1. The zero-order valence-corrected chi connectivity index (χ0v) is 5.44. The van der Waals surface area contributed by atoms with Crippen molar-refractivity contribution in [2.45, 2.75) is 24.8 Å². The van der Waals surface area contributed by atoms with Crippen molar-refractivity contribution in [3.05, 3.63) is 0 Å². The molecule has 1 N–H and O–H groups in total. The maximum Gasteiger partial charge on any atom is 0.260 e. The van der Waals surface area contributed by atoms with Crippen molar-refractivity contribution in [2.24, 2.45) is 0 Å². The number of carbonyl (C=O) groups is 1. The van der Waals surface area contributed by atoms with Crippen LogP contribution in [0.2, 0.25) is 0 Å². The summed E-state index contributed by atoms with van der Waals surface area (Å²) < 4.78 is 24.7. The molecule has 0 amide bonds. The highest BCUT2D eigenvalue weighted by atomic mass is 19.3. The van der Waals surface area contributed by atoms with E-state index in [0.29, 0.717) is 6.29 Å². The lowest BCUT2D eigenvalue weighted by Crippen LogP contribution is -2.45. The fourth-order valence-electron chi connectivity index (χ4n) is 0.954. The van der Waals surface area contributed by atoms with Crippen molar-refractivity contribution in [3.8, 4) is 0 Å². The van der Waals surface area contributed by atoms with Gasteiger partial charge in [-0.3, -0.25) is 0 Å². The molecule has 0 spiro atoms. The number of hydrogen-bond donors (Lipinski definition) is 1. The minimum absolute atomic E-state index is 0.177. The first-order chi connectivity index (χ1) is 4.64. The monoisotopic (exact) mass is 149 g/mol. The third kappa shape index (κ3) is 1.73. The van der Waals surface area contributed by atoms with Crippen LogP contribution in [0.15, 0.2) is 0 Å². The number of piperidine rings is 1. The predicted octanol–water partition coefficient (Wildman–Crippen LogP) is 0.573. The van der Waals surface area contributed by atoms with E-state index in [0.717, 1.165) is 0 Å². The fraction of sp³-hybridized carbons (Fsp3) is 0.833. The first-order valence-electron chi connectivity index (χ1n) is 3.20. The van der Waals surface area contributed by atoms with Crippen molar-refractivity contribution in [1.82, 2.24) is 5.32 Å². The van der Waals surface area contributed by atoms with Crippen molar-refractivity contribution >= 4 is 6.29 Å². The molecule has 4 heteroatoms. The number of carbonyl (C=O) groups excluding carboxylic acids is 1. The maximum atomic E-state index is 12.3. The van der Waals surface area contributed by atoms with E-state index < -0.39 is 5.92 Å². The van der Waals surface area contributed by atoms with Crippen LogP contribution in [0.4, 0.5) is 8.78 Å². The summed E-state index contributed by atoms with van der Waals surface area (Å²) in [5.41, 5.74) is 0. The third-order valence-electron chi connectivity index (χ3n) is 1.61. The van der Waals surface area contributed by atoms with Gasteiger partial charge in [-0.05, 0) is 6.42 Å². The molecular weight excluding hydrogens is 140 g/mol. The first-order valence-corrected chi connectivity index (χ1v) is 3.20. The number of halogens is 2. The van der Waals surface area contributed by atoms with Crippen LogP contribution in [-0.4, -0.2) is 24.8 Å². The van der Waals surface area contributed by atoms with E-state index in [1.807, 2.05) is 0 Å². The topological polar surface area (TPSA) is 29.1 Å². The first kappa shape index (κ1) is 7.60. The van der Waals surface area contributed by atoms with Gasteiger partial charge in [-0.25, -0.2) is 8.78 Å². The number of alkyl halides is 2. The number of hydrogen-bond acceptors (Lipinski definition) is 2. The van der Waals surface area contributed by atoms with E-state index in [-0.39, 0.29) is 25.4 Å². The van der Waals surface area contributed by atoms with E-state index in [1.54, 1.807) is 0 Å². The average Bonchev–Trinajstić information content (AvgIpc) is 1.88. The van der Waals surface area contributed by atoms with E-state index in [1.165, 1.54) is 0 Å². The molecule has 0 aromatic heterocycles. The number of nitrogens with one attached hydrogen (secondary N) is 1. The summed E-state index contributed by atoms with van der Waals surface area (Å²) in [5.74, 6) is -2.61. The predicted molar refractivity (Wildman–Crippen MR) is 32.0 cm³/mol. The molecule has 1 rings (SSSR count). The lowest BCUT2D eigenvalue weighted by atomic mass is 10.0. The molecular formula is C6H9F2NO. The van der Waals surface area contributed by atoms with Gasteiger partial charge in [0, 0.05) is 6.42 Å². The Morgan fingerprint density at radius 2 is 2.30 bits per heavy atom. The van der Waals surface area contributed by atoms with E-state index in [4.69, 9.17) is 0 Å². The molecule has 1 fully saturated rings. The molecule has 58 valence electrons. The van der Waals surface area contributed by atoms with Gasteiger partial charge in [0.1, 0.15) is 6.29 Å². The highest BCUT2D eigenvalue weighted by Gasteiger charge is 2.34. The second-order valence-electron chi connectivity index (χ2n) is 2.52. The zero-order chi connectivity index (χ0) is 7.61. The van der Waals surface area contributed by atoms with Crippen LogP contribution in [0, 0.1) is 0 Å². The lowest BCUT2D eigenvalue weighted by Gasteiger charge is -2.26. The van der Waals surface area contributed by atoms with Crippen LogP contribution < -0.4 is 5.32 Å². The van der Waals surface area contributed by atoms with Gasteiger partial charge < -0.3 is 10.1 Å². The smallest absolute Gasteiger partial charge is 0.260 e. The van der Waals surface area contributed by atoms with Crippen molar-refractivity contribution < 1.29 is 13.6 Å². The molecule has 0 bridgehead atoms. The van der Waals surface area contributed by atoms with Gasteiger partial charge in [0.15, 0.2) is 0 Å². The van der Waals surface area contributed by atoms with E-state index in [2.05, 4.69) is 5.32 Å². The van der Waals surface area contributed by atoms with Crippen molar-refractivity contribution in [1.29, 1.82) is 0 Å². The van der Waals surface area contributed by atoms with Gasteiger partial charge in [0.2, 0.25) is 0 Å². The number of aldehydes is 1. The van der Waals surface area contributed by atoms with Gasteiger partial charge in [-0.2, -0.15) is 0 Å². The molecule has 1 aliphatic rings. The van der Waals surface area contributed by atoms with Crippen LogP contribution in [0.3, 0.4) is 0 Å². The summed E-state index contributed by atoms with van der Waals surface area (Å²) >= 11 is 0. The molecule has 1 saturated heterocycles. The Bertz CT molecular complexity index is 128. The molecule has 1 aliphatic heterocycles. The summed E-state index contributed by atoms with van der Waals surface area (Å²) in [5, 5.41) is 2.44. The fourth-order valence-corrected chi connectivity index (χ4v) is 0.954. The molecule has 1 unspecified atom stereocenters. The van der Waals surface area contributed by atoms with Crippen LogP contribution in [0.5, 0.6) is 0 Å². The standard InChI is InChI=1S/C6H9F2NO/c7-6(8)2-1-5(3-10)9-4-6/h3,5,9H,1-2,4H2. The Kier molecular flexibility index (Phi) is 1.99. The summed E-state index contributed by atoms with van der Waals surface area (Å²) in [6, 6.07) is -0.361. The quantitative estimate of drug-likeness (QED) is 0.552. The minimum atomic E-state index is -2.61. The summed E-state index contributed by atoms with van der Waals surface area (Å²) in [6.45, 7) is -0.365. The molecule has 1 atom stereocenters. The molecule has 0 aliphatic carbocycles.